The maximum absolute atomic E-state index is 5.60. The fraction of sp³-hybridized carbons (Fsp3) is 0.583. The fourth-order valence-electron chi connectivity index (χ4n) is 1.90. The molecule has 100 valence electrons. The minimum Gasteiger partial charge on any atom is -0.388 e. The van der Waals surface area contributed by atoms with Gasteiger partial charge in [-0.1, -0.05) is 12.2 Å². The van der Waals surface area contributed by atoms with E-state index < -0.39 is 0 Å². The lowest BCUT2D eigenvalue weighted by molar-refractivity contribution is 0.371. The Morgan fingerprint density at radius 2 is 2.17 bits per heavy atom. The van der Waals surface area contributed by atoms with Crippen LogP contribution in [0.2, 0.25) is 0 Å². The smallest absolute Gasteiger partial charge is 0.226 e. The SMILES string of the molecule is CCN(c1nccc(C(N)=S)n1)C(C)CN(C)C. The number of thiocarbonyl (C=S) groups is 1. The van der Waals surface area contributed by atoms with Gasteiger partial charge in [-0.2, -0.15) is 0 Å². The second kappa shape index (κ2) is 6.61. The molecule has 1 atom stereocenters. The van der Waals surface area contributed by atoms with E-state index in [9.17, 15) is 0 Å². The van der Waals surface area contributed by atoms with E-state index in [1.165, 1.54) is 0 Å². The van der Waals surface area contributed by atoms with Gasteiger partial charge in [0.25, 0.3) is 0 Å². The molecule has 5 nitrogen and oxygen atoms in total. The molecule has 0 saturated carbocycles. The van der Waals surface area contributed by atoms with Crippen LogP contribution in [0.3, 0.4) is 0 Å². The topological polar surface area (TPSA) is 58.3 Å². The van der Waals surface area contributed by atoms with Crippen molar-refractivity contribution < 1.29 is 0 Å². The van der Waals surface area contributed by atoms with Crippen molar-refractivity contribution in [1.82, 2.24) is 14.9 Å². The maximum Gasteiger partial charge on any atom is 0.226 e. The number of rotatable bonds is 6. The normalized spacial score (nSPS) is 12.5. The van der Waals surface area contributed by atoms with E-state index in [4.69, 9.17) is 18.0 Å². The Morgan fingerprint density at radius 1 is 1.50 bits per heavy atom. The molecule has 1 unspecified atom stereocenters. The Hall–Kier alpha value is -1.27. The maximum atomic E-state index is 5.60. The summed E-state index contributed by atoms with van der Waals surface area (Å²) in [6.07, 6.45) is 1.70. The molecule has 0 spiro atoms. The highest BCUT2D eigenvalue weighted by molar-refractivity contribution is 7.80. The molecule has 1 aromatic rings. The number of anilines is 1. The summed E-state index contributed by atoms with van der Waals surface area (Å²) < 4.78 is 0. The summed E-state index contributed by atoms with van der Waals surface area (Å²) in [5, 5.41) is 0. The summed E-state index contributed by atoms with van der Waals surface area (Å²) in [4.78, 5) is 13.3. The Morgan fingerprint density at radius 3 is 2.67 bits per heavy atom. The Labute approximate surface area is 114 Å². The van der Waals surface area contributed by atoms with Crippen molar-refractivity contribution in [3.8, 4) is 0 Å². The molecule has 1 rings (SSSR count). The number of nitrogens with zero attached hydrogens (tertiary/aromatic N) is 4. The minimum absolute atomic E-state index is 0.301. The van der Waals surface area contributed by atoms with Crippen molar-refractivity contribution >= 4 is 23.2 Å². The molecule has 0 aliphatic carbocycles. The van der Waals surface area contributed by atoms with Crippen LogP contribution < -0.4 is 10.6 Å². The largest absolute Gasteiger partial charge is 0.388 e. The number of hydrogen-bond donors (Lipinski definition) is 1. The number of likely N-dealkylation sites (N-methyl/N-ethyl adjacent to an activating group) is 2. The van der Waals surface area contributed by atoms with Gasteiger partial charge >= 0.3 is 0 Å². The molecule has 0 amide bonds. The fourth-order valence-corrected chi connectivity index (χ4v) is 2.01. The van der Waals surface area contributed by atoms with Crippen molar-refractivity contribution in [2.24, 2.45) is 5.73 Å². The minimum atomic E-state index is 0.301. The first kappa shape index (κ1) is 14.8. The van der Waals surface area contributed by atoms with Crippen LogP contribution in [0.15, 0.2) is 12.3 Å². The number of aromatic nitrogens is 2. The van der Waals surface area contributed by atoms with Crippen LogP contribution in [0.5, 0.6) is 0 Å². The molecule has 1 heterocycles. The van der Waals surface area contributed by atoms with E-state index in [-0.39, 0.29) is 0 Å². The molecule has 0 radical (unpaired) electrons. The third-order valence-electron chi connectivity index (χ3n) is 2.65. The Kier molecular flexibility index (Phi) is 5.43. The third kappa shape index (κ3) is 3.89. The van der Waals surface area contributed by atoms with Gasteiger partial charge in [-0.25, -0.2) is 9.97 Å². The van der Waals surface area contributed by atoms with Crippen LogP contribution >= 0.6 is 12.2 Å². The summed E-state index contributed by atoms with van der Waals surface area (Å²) in [7, 11) is 4.10. The van der Waals surface area contributed by atoms with Crippen LogP contribution in [0.4, 0.5) is 5.95 Å². The van der Waals surface area contributed by atoms with E-state index >= 15 is 0 Å². The molecule has 0 bridgehead atoms. The lowest BCUT2D eigenvalue weighted by atomic mass is 10.2. The first-order valence-corrected chi connectivity index (χ1v) is 6.40. The van der Waals surface area contributed by atoms with Gasteiger partial charge in [0.1, 0.15) is 10.7 Å². The van der Waals surface area contributed by atoms with Crippen molar-refractivity contribution in [2.45, 2.75) is 19.9 Å². The quantitative estimate of drug-likeness (QED) is 0.772. The molecule has 0 aromatic carbocycles. The van der Waals surface area contributed by atoms with E-state index in [0.29, 0.717) is 22.7 Å². The predicted octanol–water partition coefficient (Wildman–Crippen LogP) is 0.887. The van der Waals surface area contributed by atoms with Gasteiger partial charge in [0, 0.05) is 25.3 Å². The van der Waals surface area contributed by atoms with Crippen LogP contribution in [0, 0.1) is 0 Å². The lowest BCUT2D eigenvalue weighted by Gasteiger charge is -2.30. The predicted molar refractivity (Wildman–Crippen MR) is 79.0 cm³/mol. The molecular weight excluding hydrogens is 246 g/mol. The van der Waals surface area contributed by atoms with Crippen LogP contribution in [0.25, 0.3) is 0 Å². The van der Waals surface area contributed by atoms with Gasteiger partial charge in [0.15, 0.2) is 0 Å². The summed E-state index contributed by atoms with van der Waals surface area (Å²) in [5.74, 6) is 0.678. The van der Waals surface area contributed by atoms with Gasteiger partial charge in [-0.05, 0) is 34.0 Å². The van der Waals surface area contributed by atoms with Crippen molar-refractivity contribution in [3.63, 3.8) is 0 Å². The summed E-state index contributed by atoms with van der Waals surface area (Å²) in [6, 6.07) is 2.06. The van der Waals surface area contributed by atoms with Crippen LogP contribution in [-0.4, -0.2) is 53.1 Å². The van der Waals surface area contributed by atoms with Gasteiger partial charge < -0.3 is 15.5 Å². The van der Waals surface area contributed by atoms with E-state index in [0.717, 1.165) is 13.1 Å². The molecule has 0 fully saturated rings. The van der Waals surface area contributed by atoms with Gasteiger partial charge in [0.2, 0.25) is 5.95 Å². The first-order valence-electron chi connectivity index (χ1n) is 6.00. The standard InChI is InChI=1S/C12H21N5S/c1-5-17(9(2)8-16(3)4)12-14-7-6-10(15-12)11(13)18/h6-7,9H,5,8H2,1-4H3,(H2,13,18). The average molecular weight is 267 g/mol. The van der Waals surface area contributed by atoms with E-state index in [1.54, 1.807) is 12.3 Å². The van der Waals surface area contributed by atoms with Crippen LogP contribution in [0.1, 0.15) is 19.5 Å². The van der Waals surface area contributed by atoms with Gasteiger partial charge in [-0.3, -0.25) is 0 Å². The number of nitrogens with two attached hydrogens (primary N) is 1. The zero-order valence-corrected chi connectivity index (χ0v) is 12.2. The van der Waals surface area contributed by atoms with E-state index in [2.05, 4.69) is 47.7 Å². The van der Waals surface area contributed by atoms with Crippen molar-refractivity contribution in [2.75, 3.05) is 32.1 Å². The molecule has 0 saturated heterocycles. The first-order chi connectivity index (χ1) is 8.45. The second-order valence-electron chi connectivity index (χ2n) is 4.50. The average Bonchev–Trinajstić information content (AvgIpc) is 2.29. The zero-order valence-electron chi connectivity index (χ0n) is 11.4. The third-order valence-corrected chi connectivity index (χ3v) is 2.86. The van der Waals surface area contributed by atoms with Gasteiger partial charge in [-0.15, -0.1) is 0 Å². The molecule has 2 N–H and O–H groups in total. The zero-order chi connectivity index (χ0) is 13.7. The molecule has 1 aromatic heterocycles. The molecular formula is C12H21N5S. The molecule has 6 heteroatoms. The van der Waals surface area contributed by atoms with Crippen LogP contribution in [-0.2, 0) is 0 Å². The monoisotopic (exact) mass is 267 g/mol. The van der Waals surface area contributed by atoms with Crippen molar-refractivity contribution in [1.29, 1.82) is 0 Å². The second-order valence-corrected chi connectivity index (χ2v) is 4.94. The summed E-state index contributed by atoms with van der Waals surface area (Å²) in [6.45, 7) is 6.02. The lowest BCUT2D eigenvalue weighted by Crippen LogP contribution is -2.41. The molecule has 0 aliphatic heterocycles. The Balaban J connectivity index is 2.94. The number of hydrogen-bond acceptors (Lipinski definition) is 5. The Bertz CT molecular complexity index is 407. The molecule has 0 aliphatic rings. The van der Waals surface area contributed by atoms with Gasteiger partial charge in [0.05, 0.1) is 0 Å². The highest BCUT2D eigenvalue weighted by Crippen LogP contribution is 2.11. The molecule has 18 heavy (non-hydrogen) atoms. The van der Waals surface area contributed by atoms with E-state index in [1.807, 2.05) is 0 Å². The highest BCUT2D eigenvalue weighted by atomic mass is 32.1. The van der Waals surface area contributed by atoms with Crippen molar-refractivity contribution in [3.05, 3.63) is 18.0 Å². The summed E-state index contributed by atoms with van der Waals surface area (Å²) in [5.41, 5.74) is 6.21. The highest BCUT2D eigenvalue weighted by Gasteiger charge is 2.16. The summed E-state index contributed by atoms with van der Waals surface area (Å²) >= 11 is 4.94.